The van der Waals surface area contributed by atoms with Gasteiger partial charge in [0.25, 0.3) is 0 Å². The summed E-state index contributed by atoms with van der Waals surface area (Å²) in [6, 6.07) is 13.8. The van der Waals surface area contributed by atoms with Gasteiger partial charge in [0.1, 0.15) is 17.7 Å². The van der Waals surface area contributed by atoms with Crippen molar-refractivity contribution in [2.24, 2.45) is 0 Å². The average Bonchev–Trinajstić information content (AvgIpc) is 2.83. The molecule has 1 aliphatic rings. The lowest BCUT2D eigenvalue weighted by Gasteiger charge is -2.44. The lowest BCUT2D eigenvalue weighted by Crippen LogP contribution is -2.58. The molecule has 0 spiro atoms. The maximum absolute atomic E-state index is 14.5. The summed E-state index contributed by atoms with van der Waals surface area (Å²) >= 11 is 0. The normalized spacial score (nSPS) is 15.8. The van der Waals surface area contributed by atoms with Crippen LogP contribution >= 0.6 is 0 Å². The van der Waals surface area contributed by atoms with Crippen LogP contribution in [0.5, 0.6) is 0 Å². The third-order valence-corrected chi connectivity index (χ3v) is 7.48. The average molecular weight is 550 g/mol. The second-order valence-electron chi connectivity index (χ2n) is 12.2. The van der Waals surface area contributed by atoms with Gasteiger partial charge in [-0.15, -0.1) is 0 Å². The van der Waals surface area contributed by atoms with Crippen molar-refractivity contribution in [2.75, 3.05) is 0 Å². The number of carbonyl (C=O) groups is 3. The molecule has 2 aromatic rings. The van der Waals surface area contributed by atoms with Crippen molar-refractivity contribution < 1.29 is 19.1 Å². The summed E-state index contributed by atoms with van der Waals surface area (Å²) in [5.41, 5.74) is 3.16. The largest absolute Gasteiger partial charge is 0.444 e. The summed E-state index contributed by atoms with van der Waals surface area (Å²) < 4.78 is 5.54. The van der Waals surface area contributed by atoms with Gasteiger partial charge in [0.05, 0.1) is 0 Å². The first kappa shape index (κ1) is 31.2. The number of hydrogen-bond acceptors (Lipinski definition) is 4. The quantitative estimate of drug-likeness (QED) is 0.351. The monoisotopic (exact) mass is 549 g/mol. The van der Waals surface area contributed by atoms with E-state index in [1.54, 1.807) is 25.7 Å². The smallest absolute Gasteiger partial charge is 0.408 e. The summed E-state index contributed by atoms with van der Waals surface area (Å²) in [5.74, 6) is -0.471. The van der Waals surface area contributed by atoms with Crippen LogP contribution in [0.3, 0.4) is 0 Å². The Kier molecular flexibility index (Phi) is 10.8. The molecule has 0 radical (unpaired) electrons. The molecule has 2 aromatic carbocycles. The van der Waals surface area contributed by atoms with Crippen LogP contribution in [0, 0.1) is 13.8 Å². The molecule has 0 bridgehead atoms. The van der Waals surface area contributed by atoms with Crippen LogP contribution in [-0.2, 0) is 20.7 Å². The van der Waals surface area contributed by atoms with E-state index in [1.807, 2.05) is 69.3 Å². The van der Waals surface area contributed by atoms with Gasteiger partial charge in [-0.2, -0.15) is 0 Å². The van der Waals surface area contributed by atoms with E-state index in [0.717, 1.165) is 54.4 Å². The highest BCUT2D eigenvalue weighted by molar-refractivity contribution is 5.92. The molecule has 3 unspecified atom stereocenters. The van der Waals surface area contributed by atoms with Crippen molar-refractivity contribution in [2.45, 2.75) is 117 Å². The van der Waals surface area contributed by atoms with E-state index in [1.165, 1.54) is 0 Å². The second-order valence-corrected chi connectivity index (χ2v) is 12.2. The number of hydrogen-bond donors (Lipinski definition) is 2. The zero-order valence-electron chi connectivity index (χ0n) is 25.3. The summed E-state index contributed by atoms with van der Waals surface area (Å²) in [7, 11) is 0. The Morgan fingerprint density at radius 1 is 1.00 bits per heavy atom. The molecule has 1 aliphatic carbocycles. The molecule has 0 heterocycles. The SMILES string of the molecule is CCCC(C)NC(=O)C(c1ccc(C)c(C)c1)N(C(=O)C(Cc1ccccc1)NC(=O)OC(C)(C)C)C1CCC1. The Labute approximate surface area is 240 Å². The fourth-order valence-electron chi connectivity index (χ4n) is 5.06. The minimum absolute atomic E-state index is 0.0232. The fraction of sp³-hybridized carbons (Fsp3) is 0.545. The van der Waals surface area contributed by atoms with Gasteiger partial charge in [-0.25, -0.2) is 4.79 Å². The van der Waals surface area contributed by atoms with Gasteiger partial charge >= 0.3 is 6.09 Å². The molecule has 1 fully saturated rings. The van der Waals surface area contributed by atoms with Crippen LogP contribution in [0.4, 0.5) is 4.79 Å². The highest BCUT2D eigenvalue weighted by atomic mass is 16.6. The van der Waals surface area contributed by atoms with Crippen LogP contribution in [0.25, 0.3) is 0 Å². The number of amides is 3. The van der Waals surface area contributed by atoms with Gasteiger partial charge in [-0.1, -0.05) is 61.9 Å². The molecule has 0 aliphatic heterocycles. The van der Waals surface area contributed by atoms with Gasteiger partial charge in [0, 0.05) is 18.5 Å². The number of aryl methyl sites for hydroxylation is 2. The lowest BCUT2D eigenvalue weighted by atomic mass is 9.87. The number of benzene rings is 2. The summed E-state index contributed by atoms with van der Waals surface area (Å²) in [5, 5.41) is 6.02. The zero-order valence-corrected chi connectivity index (χ0v) is 25.3. The molecule has 7 heteroatoms. The third-order valence-electron chi connectivity index (χ3n) is 7.48. The van der Waals surface area contributed by atoms with Gasteiger partial charge in [0.2, 0.25) is 11.8 Å². The van der Waals surface area contributed by atoms with Gasteiger partial charge in [-0.05, 0) is 89.5 Å². The topological polar surface area (TPSA) is 87.7 Å². The number of rotatable bonds is 11. The van der Waals surface area contributed by atoms with Crippen molar-refractivity contribution in [1.29, 1.82) is 0 Å². The number of carbonyl (C=O) groups excluding carboxylic acids is 3. The second kappa shape index (κ2) is 13.8. The summed E-state index contributed by atoms with van der Waals surface area (Å²) in [6.07, 6.45) is 4.05. The number of alkyl carbamates (subject to hydrolysis) is 1. The number of ether oxygens (including phenoxy) is 1. The maximum Gasteiger partial charge on any atom is 0.408 e. The van der Waals surface area contributed by atoms with Gasteiger partial charge in [-0.3, -0.25) is 9.59 Å². The molecule has 218 valence electrons. The first-order valence-electron chi connectivity index (χ1n) is 14.6. The van der Waals surface area contributed by atoms with E-state index in [4.69, 9.17) is 4.74 Å². The first-order chi connectivity index (χ1) is 18.9. The van der Waals surface area contributed by atoms with Gasteiger partial charge in [0.15, 0.2) is 0 Å². The summed E-state index contributed by atoms with van der Waals surface area (Å²) in [4.78, 5) is 43.2. The predicted molar refractivity (Wildman–Crippen MR) is 159 cm³/mol. The van der Waals surface area contributed by atoms with Crippen molar-refractivity contribution in [3.05, 3.63) is 70.8 Å². The minimum Gasteiger partial charge on any atom is -0.444 e. The van der Waals surface area contributed by atoms with Crippen LogP contribution < -0.4 is 10.6 Å². The highest BCUT2D eigenvalue weighted by Gasteiger charge is 2.42. The van der Waals surface area contributed by atoms with E-state index in [0.29, 0.717) is 0 Å². The lowest BCUT2D eigenvalue weighted by molar-refractivity contribution is -0.147. The number of nitrogens with one attached hydrogen (secondary N) is 2. The fourth-order valence-corrected chi connectivity index (χ4v) is 5.06. The molecule has 0 saturated heterocycles. The van der Waals surface area contributed by atoms with Crippen molar-refractivity contribution >= 4 is 17.9 Å². The Morgan fingerprint density at radius 2 is 1.68 bits per heavy atom. The van der Waals surface area contributed by atoms with Crippen molar-refractivity contribution in [1.82, 2.24) is 15.5 Å². The van der Waals surface area contributed by atoms with E-state index >= 15 is 0 Å². The Balaban J connectivity index is 2.05. The molecular weight excluding hydrogens is 502 g/mol. The third kappa shape index (κ3) is 8.57. The molecule has 3 rings (SSSR count). The standard InChI is InChI=1S/C33H47N3O4/c1-8-13-24(4)34-30(37)29(26-19-18-22(2)23(3)20-26)36(27-16-12-17-27)31(38)28(21-25-14-10-9-11-15-25)35-32(39)40-33(5,6)7/h9-11,14-15,18-20,24,27-29H,8,12-13,16-17,21H2,1-7H3,(H,34,37)(H,35,39). The van der Waals surface area contributed by atoms with E-state index in [2.05, 4.69) is 17.6 Å². The molecule has 3 amide bonds. The number of nitrogens with zero attached hydrogens (tertiary/aromatic N) is 1. The van der Waals surface area contributed by atoms with Crippen LogP contribution in [0.2, 0.25) is 0 Å². The minimum atomic E-state index is -0.896. The molecule has 0 aromatic heterocycles. The Morgan fingerprint density at radius 3 is 2.23 bits per heavy atom. The summed E-state index contributed by atoms with van der Waals surface area (Å²) in [6.45, 7) is 13.5. The predicted octanol–water partition coefficient (Wildman–Crippen LogP) is 6.17. The van der Waals surface area contributed by atoms with E-state index in [9.17, 15) is 14.4 Å². The van der Waals surface area contributed by atoms with Crippen LogP contribution in [0.1, 0.15) is 95.0 Å². The van der Waals surface area contributed by atoms with E-state index in [-0.39, 0.29) is 30.3 Å². The maximum atomic E-state index is 14.5. The highest BCUT2D eigenvalue weighted by Crippen LogP contribution is 2.34. The molecule has 1 saturated carbocycles. The van der Waals surface area contributed by atoms with Crippen LogP contribution in [0.15, 0.2) is 48.5 Å². The molecule has 7 nitrogen and oxygen atoms in total. The van der Waals surface area contributed by atoms with Crippen molar-refractivity contribution in [3.63, 3.8) is 0 Å². The van der Waals surface area contributed by atoms with Crippen molar-refractivity contribution in [3.8, 4) is 0 Å². The molecule has 3 atom stereocenters. The first-order valence-corrected chi connectivity index (χ1v) is 14.6. The molecule has 40 heavy (non-hydrogen) atoms. The van der Waals surface area contributed by atoms with Gasteiger partial charge < -0.3 is 20.3 Å². The Hall–Kier alpha value is -3.35. The molecule has 2 N–H and O–H groups in total. The zero-order chi connectivity index (χ0) is 29.4. The molecular formula is C33H47N3O4. The van der Waals surface area contributed by atoms with E-state index < -0.39 is 23.8 Å². The Bertz CT molecular complexity index is 1150. The van der Waals surface area contributed by atoms with Crippen LogP contribution in [-0.4, -0.2) is 46.5 Å².